The topological polar surface area (TPSA) is 123 Å². The van der Waals surface area contributed by atoms with Gasteiger partial charge < -0.3 is 24.2 Å². The molecular weight excluding hydrogens is 588 g/mol. The number of rotatable bonds is 4. The minimum Gasteiger partial charge on any atom is -0.465 e. The molecule has 2 aliphatic heterocycles. The summed E-state index contributed by atoms with van der Waals surface area (Å²) in [5.74, 6) is 0. The van der Waals surface area contributed by atoms with Crippen molar-refractivity contribution in [3.63, 3.8) is 0 Å². The van der Waals surface area contributed by atoms with Crippen molar-refractivity contribution >= 4 is 29.3 Å². The number of hydrogen-bond donors (Lipinski definition) is 1. The first-order valence-corrected chi connectivity index (χ1v) is 15.4. The third-order valence-electron chi connectivity index (χ3n) is 8.34. The molecule has 6 rings (SSSR count). The fraction of sp³-hybridized carbons (Fsp3) is 0.371. The van der Waals surface area contributed by atoms with Gasteiger partial charge in [0.2, 0.25) is 0 Å². The van der Waals surface area contributed by atoms with Crippen LogP contribution in [0.5, 0.6) is 0 Å². The lowest BCUT2D eigenvalue weighted by atomic mass is 9.87. The molecule has 0 saturated carbocycles. The Kier molecular flexibility index (Phi) is 8.43. The summed E-state index contributed by atoms with van der Waals surface area (Å²) in [4.78, 5) is 46.1. The number of carbonyl (C=O) groups excluding carboxylic acids is 2. The molecule has 4 aromatic rings. The lowest BCUT2D eigenvalue weighted by molar-refractivity contribution is -0.00150. The van der Waals surface area contributed by atoms with Crippen molar-refractivity contribution < 1.29 is 33.7 Å². The van der Waals surface area contributed by atoms with Gasteiger partial charge in [0.15, 0.2) is 0 Å². The number of pyridine rings is 1. The van der Waals surface area contributed by atoms with Crippen LogP contribution in [0.2, 0.25) is 0 Å². The van der Waals surface area contributed by atoms with E-state index < -0.39 is 29.9 Å². The summed E-state index contributed by atoms with van der Waals surface area (Å²) >= 11 is 0. The standard InChI is InChI=1S/C35H38N4O7/c1-22-18-39(34(43)46-35(2,3)4)31-27(22)16-26(17-36-31)25-14-24-10-11-37(33(42)45-20-23-8-6-5-7-9-23)19-29(24)28(15-25)30-21-44-13-12-38(30)32(40)41/h5-9,14-18,30H,10-13,19-21H2,1-4H3,(H,40,41)/t30-/m0/s1. The minimum atomic E-state index is -1.02. The molecule has 0 spiro atoms. The van der Waals surface area contributed by atoms with Crippen molar-refractivity contribution in [2.75, 3.05) is 26.3 Å². The first-order chi connectivity index (χ1) is 22.0. The largest absolute Gasteiger partial charge is 0.465 e. The number of benzene rings is 2. The predicted molar refractivity (Wildman–Crippen MR) is 171 cm³/mol. The van der Waals surface area contributed by atoms with E-state index in [1.807, 2.05) is 70.2 Å². The second-order valence-electron chi connectivity index (χ2n) is 12.7. The number of morpholine rings is 1. The number of nitrogens with zero attached hydrogens (tertiary/aromatic N) is 4. The SMILES string of the molecule is Cc1cn(C(=O)OC(C)(C)C)c2ncc(-c3cc4c(c([C@@H]5COCCN5C(=O)O)c3)CN(C(=O)OCc3ccccc3)CC4)cc12. The highest BCUT2D eigenvalue weighted by molar-refractivity contribution is 5.91. The van der Waals surface area contributed by atoms with Crippen LogP contribution in [0.3, 0.4) is 0 Å². The van der Waals surface area contributed by atoms with Gasteiger partial charge in [-0.25, -0.2) is 23.9 Å². The normalized spacial score (nSPS) is 16.7. The zero-order chi connectivity index (χ0) is 32.6. The van der Waals surface area contributed by atoms with E-state index >= 15 is 0 Å². The number of amides is 2. The van der Waals surface area contributed by atoms with E-state index in [2.05, 4.69) is 11.1 Å². The van der Waals surface area contributed by atoms with Gasteiger partial charge in [0.05, 0.1) is 19.3 Å². The fourth-order valence-electron chi connectivity index (χ4n) is 6.09. The number of hydrogen-bond acceptors (Lipinski definition) is 7. The number of carboxylic acid groups (broad SMARTS) is 1. The van der Waals surface area contributed by atoms with Crippen LogP contribution in [-0.4, -0.2) is 74.6 Å². The van der Waals surface area contributed by atoms with Crippen molar-refractivity contribution in [2.24, 2.45) is 0 Å². The summed E-state index contributed by atoms with van der Waals surface area (Å²) < 4.78 is 18.4. The van der Waals surface area contributed by atoms with E-state index in [4.69, 9.17) is 14.2 Å². The van der Waals surface area contributed by atoms with E-state index in [-0.39, 0.29) is 26.3 Å². The van der Waals surface area contributed by atoms with E-state index in [9.17, 15) is 19.5 Å². The summed E-state index contributed by atoms with van der Waals surface area (Å²) in [6.07, 6.45) is 2.07. The molecule has 4 heterocycles. The van der Waals surface area contributed by atoms with Gasteiger partial charge in [0.25, 0.3) is 0 Å². The Morgan fingerprint density at radius 3 is 2.57 bits per heavy atom. The Morgan fingerprint density at radius 2 is 1.83 bits per heavy atom. The molecule has 11 nitrogen and oxygen atoms in total. The Balaban J connectivity index is 1.36. The lowest BCUT2D eigenvalue weighted by Gasteiger charge is -2.37. The number of carbonyl (C=O) groups is 3. The molecule has 1 saturated heterocycles. The molecule has 46 heavy (non-hydrogen) atoms. The molecule has 11 heteroatoms. The molecule has 0 unspecified atom stereocenters. The molecule has 2 aromatic carbocycles. The van der Waals surface area contributed by atoms with Crippen LogP contribution in [0.15, 0.2) is 60.9 Å². The molecule has 0 bridgehead atoms. The molecular formula is C35H38N4O7. The second-order valence-corrected chi connectivity index (χ2v) is 12.7. The lowest BCUT2D eigenvalue weighted by Crippen LogP contribution is -2.44. The van der Waals surface area contributed by atoms with Gasteiger partial charge in [-0.3, -0.25) is 4.90 Å². The maximum atomic E-state index is 13.1. The number of fused-ring (bicyclic) bond motifs is 2. The third-order valence-corrected chi connectivity index (χ3v) is 8.34. The monoisotopic (exact) mass is 626 g/mol. The number of ether oxygens (including phenoxy) is 3. The van der Waals surface area contributed by atoms with Crippen LogP contribution in [0.4, 0.5) is 14.4 Å². The summed E-state index contributed by atoms with van der Waals surface area (Å²) in [7, 11) is 0. The van der Waals surface area contributed by atoms with Gasteiger partial charge >= 0.3 is 18.3 Å². The molecule has 240 valence electrons. The van der Waals surface area contributed by atoms with Crippen LogP contribution >= 0.6 is 0 Å². The third kappa shape index (κ3) is 6.41. The average molecular weight is 627 g/mol. The zero-order valence-electron chi connectivity index (χ0n) is 26.5. The zero-order valence-corrected chi connectivity index (χ0v) is 26.5. The molecule has 1 N–H and O–H groups in total. The van der Waals surface area contributed by atoms with Crippen LogP contribution in [0.25, 0.3) is 22.2 Å². The summed E-state index contributed by atoms with van der Waals surface area (Å²) in [5.41, 5.74) is 6.02. The van der Waals surface area contributed by atoms with Gasteiger partial charge in [-0.2, -0.15) is 0 Å². The highest BCUT2D eigenvalue weighted by Gasteiger charge is 2.34. The van der Waals surface area contributed by atoms with Crippen molar-refractivity contribution in [1.82, 2.24) is 19.4 Å². The van der Waals surface area contributed by atoms with Crippen LogP contribution in [0, 0.1) is 6.92 Å². The Labute approximate surface area is 267 Å². The molecule has 2 aromatic heterocycles. The highest BCUT2D eigenvalue weighted by Crippen LogP contribution is 2.37. The van der Waals surface area contributed by atoms with E-state index in [0.29, 0.717) is 25.2 Å². The first-order valence-electron chi connectivity index (χ1n) is 15.4. The van der Waals surface area contributed by atoms with Gasteiger partial charge in [-0.15, -0.1) is 0 Å². The van der Waals surface area contributed by atoms with Gasteiger partial charge in [0, 0.05) is 43.0 Å². The summed E-state index contributed by atoms with van der Waals surface area (Å²) in [5, 5.41) is 10.9. The molecule has 1 atom stereocenters. The molecule has 2 aliphatic rings. The Hall–Kier alpha value is -4.90. The van der Waals surface area contributed by atoms with E-state index in [1.54, 1.807) is 17.3 Å². The quantitative estimate of drug-likeness (QED) is 0.271. The first kappa shape index (κ1) is 31.1. The second kappa shape index (κ2) is 12.5. The smallest absolute Gasteiger partial charge is 0.420 e. The number of aryl methyl sites for hydroxylation is 1. The predicted octanol–water partition coefficient (Wildman–Crippen LogP) is 6.54. The molecule has 2 amide bonds. The summed E-state index contributed by atoms with van der Waals surface area (Å²) in [6.45, 7) is 9.06. The van der Waals surface area contributed by atoms with Crippen molar-refractivity contribution in [3.05, 3.63) is 88.7 Å². The molecule has 0 radical (unpaired) electrons. The van der Waals surface area contributed by atoms with E-state index in [1.165, 1.54) is 9.47 Å². The van der Waals surface area contributed by atoms with Crippen molar-refractivity contribution in [2.45, 2.75) is 58.9 Å². The maximum absolute atomic E-state index is 13.1. The number of aromatic nitrogens is 2. The van der Waals surface area contributed by atoms with Crippen LogP contribution in [-0.2, 0) is 33.8 Å². The van der Waals surface area contributed by atoms with Crippen molar-refractivity contribution in [3.8, 4) is 11.1 Å². The van der Waals surface area contributed by atoms with Crippen LogP contribution < -0.4 is 0 Å². The highest BCUT2D eigenvalue weighted by atomic mass is 16.6. The average Bonchev–Trinajstić information content (AvgIpc) is 3.38. The molecule has 1 fully saturated rings. The van der Waals surface area contributed by atoms with Gasteiger partial charge in [-0.1, -0.05) is 36.4 Å². The fourth-order valence-corrected chi connectivity index (χ4v) is 6.09. The molecule has 0 aliphatic carbocycles. The Bertz CT molecular complexity index is 1790. The summed E-state index contributed by atoms with van der Waals surface area (Å²) in [6, 6.07) is 15.0. The maximum Gasteiger partial charge on any atom is 0.420 e. The van der Waals surface area contributed by atoms with E-state index in [0.717, 1.165) is 44.3 Å². The Morgan fingerprint density at radius 1 is 1.04 bits per heavy atom. The van der Waals surface area contributed by atoms with Gasteiger partial charge in [-0.05, 0) is 79.6 Å². The van der Waals surface area contributed by atoms with Crippen molar-refractivity contribution in [1.29, 1.82) is 0 Å². The van der Waals surface area contributed by atoms with Crippen LogP contribution in [0.1, 0.15) is 54.6 Å². The minimum absolute atomic E-state index is 0.169. The van der Waals surface area contributed by atoms with Gasteiger partial charge in [0.1, 0.15) is 17.9 Å².